The van der Waals surface area contributed by atoms with Crippen LogP contribution in [0.3, 0.4) is 0 Å². The summed E-state index contributed by atoms with van der Waals surface area (Å²) in [6, 6.07) is 0. The summed E-state index contributed by atoms with van der Waals surface area (Å²) in [5, 5.41) is 9.46. The minimum absolute atomic E-state index is 0.228. The van der Waals surface area contributed by atoms with Crippen LogP contribution in [0.25, 0.3) is 0 Å². The lowest BCUT2D eigenvalue weighted by atomic mass is 10.6. The first-order valence-electron chi connectivity index (χ1n) is 2.26. The third-order valence-electron chi connectivity index (χ3n) is 0.572. The predicted octanol–water partition coefficient (Wildman–Crippen LogP) is -0.830. The molecule has 0 heterocycles. The Labute approximate surface area is 48.3 Å². The minimum atomic E-state index is 0.228. The van der Waals surface area contributed by atoms with Gasteiger partial charge in [-0.1, -0.05) is 0 Å². The van der Waals surface area contributed by atoms with Gasteiger partial charge in [0.25, 0.3) is 0 Å². The Balaban J connectivity index is 3.25. The van der Waals surface area contributed by atoms with E-state index in [-0.39, 0.29) is 12.4 Å². The van der Waals surface area contributed by atoms with Crippen LogP contribution < -0.4 is 11.1 Å². The highest BCUT2D eigenvalue weighted by atomic mass is 15.0. The molecule has 0 bridgehead atoms. The molecular formula is C4H10N4. The Morgan fingerprint density at radius 2 is 2.62 bits per heavy atom. The Morgan fingerprint density at radius 1 is 2.00 bits per heavy atom. The molecule has 0 aromatic carbocycles. The van der Waals surface area contributed by atoms with Crippen LogP contribution in [0.4, 0.5) is 0 Å². The quantitative estimate of drug-likeness (QED) is 0.324. The van der Waals surface area contributed by atoms with Crippen molar-refractivity contribution in [2.75, 3.05) is 13.6 Å². The molecule has 0 spiro atoms. The number of hydrogen-bond donors (Lipinski definition) is 3. The van der Waals surface area contributed by atoms with Gasteiger partial charge in [0.15, 0.2) is 0 Å². The van der Waals surface area contributed by atoms with Gasteiger partial charge in [-0.2, -0.15) is 0 Å². The third-order valence-corrected chi connectivity index (χ3v) is 0.572. The second kappa shape index (κ2) is 4.26. The summed E-state index contributed by atoms with van der Waals surface area (Å²) in [6.07, 6.45) is 1.43. The molecule has 0 aromatic heterocycles. The molecule has 0 atom stereocenters. The molecule has 0 radical (unpaired) electrons. The molecule has 0 rings (SSSR count). The van der Waals surface area contributed by atoms with E-state index in [4.69, 9.17) is 11.1 Å². The van der Waals surface area contributed by atoms with Gasteiger partial charge >= 0.3 is 0 Å². The molecule has 46 valence electrons. The molecule has 0 aliphatic carbocycles. The fourth-order valence-corrected chi connectivity index (χ4v) is 0.201. The smallest absolute Gasteiger partial charge is 0.112 e. The van der Waals surface area contributed by atoms with Crippen LogP contribution in [0.15, 0.2) is 4.99 Å². The lowest BCUT2D eigenvalue weighted by molar-refractivity contribution is 1.17. The number of nitrogens with one attached hydrogen (secondary N) is 2. The van der Waals surface area contributed by atoms with E-state index in [2.05, 4.69) is 10.3 Å². The molecular weight excluding hydrogens is 104 g/mol. The normalized spacial score (nSPS) is 9.75. The van der Waals surface area contributed by atoms with Crippen molar-refractivity contribution >= 4 is 12.2 Å². The van der Waals surface area contributed by atoms with E-state index in [1.54, 1.807) is 7.05 Å². The number of amidine groups is 1. The van der Waals surface area contributed by atoms with E-state index < -0.39 is 0 Å². The van der Waals surface area contributed by atoms with Crippen molar-refractivity contribution in [1.82, 2.24) is 5.32 Å². The van der Waals surface area contributed by atoms with Crippen LogP contribution in [-0.4, -0.2) is 25.8 Å². The summed E-state index contributed by atoms with van der Waals surface area (Å²) in [4.78, 5) is 3.59. The van der Waals surface area contributed by atoms with Gasteiger partial charge in [-0.05, 0) is 0 Å². The Morgan fingerprint density at radius 3 is 3.00 bits per heavy atom. The summed E-state index contributed by atoms with van der Waals surface area (Å²) < 4.78 is 0. The number of aliphatic imine (C=N–C) groups is 1. The molecule has 4 heteroatoms. The van der Waals surface area contributed by atoms with Crippen molar-refractivity contribution in [2.24, 2.45) is 10.7 Å². The Hall–Kier alpha value is -0.900. The van der Waals surface area contributed by atoms with E-state index in [9.17, 15) is 0 Å². The zero-order valence-electron chi connectivity index (χ0n) is 4.81. The molecule has 4 nitrogen and oxygen atoms in total. The molecule has 0 unspecified atom stereocenters. The lowest BCUT2D eigenvalue weighted by Gasteiger charge is -1.94. The van der Waals surface area contributed by atoms with E-state index in [1.165, 1.54) is 6.34 Å². The van der Waals surface area contributed by atoms with Gasteiger partial charge < -0.3 is 11.1 Å². The highest BCUT2D eigenvalue weighted by molar-refractivity contribution is 5.90. The number of nitrogens with zero attached hydrogens (tertiary/aromatic N) is 1. The fourth-order valence-electron chi connectivity index (χ4n) is 0.201. The summed E-state index contributed by atoms with van der Waals surface area (Å²) in [7, 11) is 1.62. The van der Waals surface area contributed by atoms with E-state index in [0.29, 0.717) is 0 Å². The first kappa shape index (κ1) is 7.10. The summed E-state index contributed by atoms with van der Waals surface area (Å²) in [5.41, 5.74) is 5.06. The molecule has 0 aliphatic heterocycles. The van der Waals surface area contributed by atoms with Gasteiger partial charge in [0.1, 0.15) is 5.84 Å². The summed E-state index contributed by atoms with van der Waals surface area (Å²) in [5.74, 6) is 0.274. The van der Waals surface area contributed by atoms with Crippen molar-refractivity contribution in [1.29, 1.82) is 5.41 Å². The summed E-state index contributed by atoms with van der Waals surface area (Å²) >= 11 is 0. The van der Waals surface area contributed by atoms with Gasteiger partial charge in [-0.25, -0.2) is 0 Å². The Kier molecular flexibility index (Phi) is 3.78. The molecule has 0 amide bonds. The predicted molar refractivity (Wildman–Crippen MR) is 34.3 cm³/mol. The van der Waals surface area contributed by atoms with E-state index >= 15 is 0 Å². The second-order valence-electron chi connectivity index (χ2n) is 1.21. The van der Waals surface area contributed by atoms with Crippen molar-refractivity contribution in [2.45, 2.75) is 0 Å². The van der Waals surface area contributed by atoms with Crippen molar-refractivity contribution in [3.05, 3.63) is 0 Å². The SMILES string of the molecule is CN=CNC(=N)CN. The van der Waals surface area contributed by atoms with Crippen molar-refractivity contribution in [3.8, 4) is 0 Å². The maximum absolute atomic E-state index is 6.91. The first-order valence-corrected chi connectivity index (χ1v) is 2.26. The molecule has 0 fully saturated rings. The largest absolute Gasteiger partial charge is 0.334 e. The molecule has 8 heavy (non-hydrogen) atoms. The number of hydrogen-bond acceptors (Lipinski definition) is 3. The minimum Gasteiger partial charge on any atom is -0.334 e. The van der Waals surface area contributed by atoms with Crippen molar-refractivity contribution < 1.29 is 0 Å². The van der Waals surface area contributed by atoms with Gasteiger partial charge in [-0.3, -0.25) is 10.4 Å². The molecule has 4 N–H and O–H groups in total. The third kappa shape index (κ3) is 3.30. The van der Waals surface area contributed by atoms with Gasteiger partial charge in [0.05, 0.1) is 12.9 Å². The van der Waals surface area contributed by atoms with Crippen LogP contribution >= 0.6 is 0 Å². The zero-order chi connectivity index (χ0) is 6.41. The highest BCUT2D eigenvalue weighted by Crippen LogP contribution is 1.54. The average molecular weight is 114 g/mol. The van der Waals surface area contributed by atoms with E-state index in [0.717, 1.165) is 0 Å². The second-order valence-corrected chi connectivity index (χ2v) is 1.21. The van der Waals surface area contributed by atoms with Gasteiger partial charge in [-0.15, -0.1) is 0 Å². The molecule has 0 saturated heterocycles. The fraction of sp³-hybridized carbons (Fsp3) is 0.500. The molecule has 0 saturated carbocycles. The van der Waals surface area contributed by atoms with Crippen molar-refractivity contribution in [3.63, 3.8) is 0 Å². The monoisotopic (exact) mass is 114 g/mol. The average Bonchev–Trinajstić information content (AvgIpc) is 1.83. The lowest BCUT2D eigenvalue weighted by Crippen LogP contribution is -2.28. The van der Waals surface area contributed by atoms with Crippen LogP contribution in [0.1, 0.15) is 0 Å². The topological polar surface area (TPSA) is 74.3 Å². The molecule has 0 aromatic rings. The van der Waals surface area contributed by atoms with Gasteiger partial charge in [0, 0.05) is 7.05 Å². The molecule has 0 aliphatic rings. The maximum atomic E-state index is 6.91. The van der Waals surface area contributed by atoms with E-state index in [1.807, 2.05) is 0 Å². The number of rotatable bonds is 2. The van der Waals surface area contributed by atoms with Gasteiger partial charge in [0.2, 0.25) is 0 Å². The highest BCUT2D eigenvalue weighted by Gasteiger charge is 1.82. The van der Waals surface area contributed by atoms with Crippen LogP contribution in [0, 0.1) is 5.41 Å². The number of nitrogens with two attached hydrogens (primary N) is 1. The first-order chi connectivity index (χ1) is 3.81. The zero-order valence-corrected chi connectivity index (χ0v) is 4.81. The standard InChI is InChI=1S/C4H10N4/c1-7-3-8-4(6)2-5/h3H,2,5H2,1H3,(H2,6,7,8). The van der Waals surface area contributed by atoms with Crippen LogP contribution in [0.5, 0.6) is 0 Å². The Bertz CT molecular complexity index is 96.2. The van der Waals surface area contributed by atoms with Crippen LogP contribution in [0.2, 0.25) is 0 Å². The van der Waals surface area contributed by atoms with Crippen LogP contribution in [-0.2, 0) is 0 Å². The summed E-state index contributed by atoms with van der Waals surface area (Å²) in [6.45, 7) is 0.228. The maximum Gasteiger partial charge on any atom is 0.112 e.